The second-order valence-electron chi connectivity index (χ2n) is 8.15. The van der Waals surface area contributed by atoms with E-state index in [9.17, 15) is 0 Å². The van der Waals surface area contributed by atoms with Gasteiger partial charge in [0, 0.05) is 58.3 Å². The summed E-state index contributed by atoms with van der Waals surface area (Å²) in [6.45, 7) is 6.45. The number of hydrogen-bond acceptors (Lipinski definition) is 6. The van der Waals surface area contributed by atoms with Crippen LogP contribution in [0, 0.1) is 5.53 Å². The van der Waals surface area contributed by atoms with Crippen LogP contribution in [0.4, 0.5) is 22.7 Å². The van der Waals surface area contributed by atoms with Gasteiger partial charge in [0.1, 0.15) is 5.69 Å². The van der Waals surface area contributed by atoms with Gasteiger partial charge >= 0.3 is 0 Å². The van der Waals surface area contributed by atoms with E-state index in [1.807, 2.05) is 24.3 Å². The van der Waals surface area contributed by atoms with E-state index in [1.165, 1.54) is 17.8 Å². The number of benzene rings is 2. The zero-order chi connectivity index (χ0) is 19.1. The van der Waals surface area contributed by atoms with Gasteiger partial charge in [-0.2, -0.15) is 5.11 Å². The zero-order valence-electron chi connectivity index (χ0n) is 16.4. The van der Waals surface area contributed by atoms with Crippen molar-refractivity contribution in [3.63, 3.8) is 0 Å². The zero-order valence-corrected chi connectivity index (χ0v) is 16.4. The largest absolute Gasteiger partial charge is 0.382 e. The van der Waals surface area contributed by atoms with Crippen LogP contribution < -0.4 is 15.1 Å². The van der Waals surface area contributed by atoms with Gasteiger partial charge in [-0.1, -0.05) is 24.3 Å². The molecule has 1 saturated heterocycles. The highest BCUT2D eigenvalue weighted by molar-refractivity contribution is 5.80. The molecule has 3 aliphatic heterocycles. The molecule has 6 heteroatoms. The molecule has 3 heterocycles. The number of hydrogen-bond donors (Lipinski definition) is 2. The van der Waals surface area contributed by atoms with Crippen LogP contribution in [0.2, 0.25) is 0 Å². The average molecular weight is 377 g/mol. The van der Waals surface area contributed by atoms with Gasteiger partial charge in [-0.05, 0) is 30.2 Å². The Bertz CT molecular complexity index is 881. The van der Waals surface area contributed by atoms with Crippen molar-refractivity contribution in [2.75, 3.05) is 61.4 Å². The number of para-hydroxylation sites is 3. The van der Waals surface area contributed by atoms with Crippen molar-refractivity contribution in [1.29, 1.82) is 5.53 Å². The molecule has 0 bridgehead atoms. The molecule has 28 heavy (non-hydrogen) atoms. The Balaban J connectivity index is 1.27. The summed E-state index contributed by atoms with van der Waals surface area (Å²) in [7, 11) is 2.22. The van der Waals surface area contributed by atoms with Gasteiger partial charge < -0.3 is 20.0 Å². The highest BCUT2D eigenvalue weighted by Crippen LogP contribution is 2.50. The predicted octanol–water partition coefficient (Wildman–Crippen LogP) is 3.89. The first-order valence-electron chi connectivity index (χ1n) is 10.3. The molecule has 2 aromatic carbocycles. The minimum atomic E-state index is 0.616. The third-order valence-corrected chi connectivity index (χ3v) is 6.65. The lowest BCUT2D eigenvalue weighted by Gasteiger charge is -2.41. The van der Waals surface area contributed by atoms with Crippen LogP contribution in [0.1, 0.15) is 17.9 Å². The lowest BCUT2D eigenvalue weighted by atomic mass is 9.89. The minimum absolute atomic E-state index is 0.616. The summed E-state index contributed by atoms with van der Waals surface area (Å²) in [5.41, 5.74) is 13.4. The van der Waals surface area contributed by atoms with Crippen LogP contribution >= 0.6 is 0 Å². The summed E-state index contributed by atoms with van der Waals surface area (Å²) >= 11 is 0. The number of nitrogens with zero attached hydrogens (tertiary/aromatic N) is 4. The molecule has 3 aliphatic rings. The molecule has 0 amide bonds. The molecule has 0 aromatic heterocycles. The van der Waals surface area contributed by atoms with Crippen molar-refractivity contribution in [3.05, 3.63) is 48.0 Å². The summed E-state index contributed by atoms with van der Waals surface area (Å²) in [6, 6.07) is 15.3. The fraction of sp³-hybridized carbons (Fsp3) is 0.455. The van der Waals surface area contributed by atoms with E-state index in [0.29, 0.717) is 17.6 Å². The molecule has 0 unspecified atom stereocenters. The Kier molecular flexibility index (Phi) is 4.43. The van der Waals surface area contributed by atoms with Gasteiger partial charge in [0.05, 0.1) is 17.1 Å². The summed E-state index contributed by atoms with van der Waals surface area (Å²) in [5.74, 6) is 0.616. The summed E-state index contributed by atoms with van der Waals surface area (Å²) in [5, 5.41) is 7.07. The van der Waals surface area contributed by atoms with E-state index < -0.39 is 0 Å². The molecule has 0 spiro atoms. The third kappa shape index (κ3) is 2.83. The summed E-state index contributed by atoms with van der Waals surface area (Å²) in [6.07, 6.45) is 1.24. The molecule has 5 rings (SSSR count). The van der Waals surface area contributed by atoms with Crippen LogP contribution in [-0.2, 0) is 0 Å². The molecule has 2 aromatic rings. The van der Waals surface area contributed by atoms with Crippen LogP contribution in [0.5, 0.6) is 0 Å². The number of likely N-dealkylation sites (tertiary alicyclic amines) is 1. The predicted molar refractivity (Wildman–Crippen MR) is 114 cm³/mol. The Morgan fingerprint density at radius 2 is 2.00 bits per heavy atom. The Morgan fingerprint density at radius 1 is 1.11 bits per heavy atom. The van der Waals surface area contributed by atoms with Crippen molar-refractivity contribution in [2.45, 2.75) is 18.4 Å². The van der Waals surface area contributed by atoms with Gasteiger partial charge in [-0.15, -0.1) is 0 Å². The molecule has 0 radical (unpaired) electrons. The Labute approximate surface area is 166 Å². The molecule has 0 saturated carbocycles. The summed E-state index contributed by atoms with van der Waals surface area (Å²) in [4.78, 5) is 7.69. The van der Waals surface area contributed by atoms with Crippen LogP contribution in [0.3, 0.4) is 0 Å². The van der Waals surface area contributed by atoms with Gasteiger partial charge in [0.2, 0.25) is 0 Å². The first-order valence-corrected chi connectivity index (χ1v) is 10.3. The van der Waals surface area contributed by atoms with Gasteiger partial charge in [0.25, 0.3) is 0 Å². The maximum atomic E-state index is 7.31. The Hall–Kier alpha value is -2.60. The van der Waals surface area contributed by atoms with Crippen molar-refractivity contribution in [1.82, 2.24) is 4.90 Å². The van der Waals surface area contributed by atoms with Crippen molar-refractivity contribution in [2.24, 2.45) is 5.11 Å². The molecule has 146 valence electrons. The number of likely N-dealkylation sites (N-methyl/N-ethyl adjacent to an activating group) is 1. The average Bonchev–Trinajstić information content (AvgIpc) is 3.05. The fourth-order valence-corrected chi connectivity index (χ4v) is 5.25. The monoisotopic (exact) mass is 376 g/mol. The molecular formula is C22H28N6. The second kappa shape index (κ2) is 7.09. The molecular weight excluding hydrogens is 348 g/mol. The fourth-order valence-electron chi connectivity index (χ4n) is 5.25. The Morgan fingerprint density at radius 3 is 2.89 bits per heavy atom. The van der Waals surface area contributed by atoms with Gasteiger partial charge in [0.15, 0.2) is 0 Å². The van der Waals surface area contributed by atoms with Crippen LogP contribution in [0.25, 0.3) is 0 Å². The minimum Gasteiger partial charge on any atom is -0.382 e. The number of piperidine rings is 1. The molecule has 1 fully saturated rings. The maximum absolute atomic E-state index is 7.31. The van der Waals surface area contributed by atoms with Crippen LogP contribution in [0.15, 0.2) is 47.6 Å². The molecule has 6 nitrogen and oxygen atoms in total. The lowest BCUT2D eigenvalue weighted by Crippen LogP contribution is -2.49. The van der Waals surface area contributed by atoms with Gasteiger partial charge in [-0.3, -0.25) is 0 Å². The van der Waals surface area contributed by atoms with E-state index in [2.05, 4.69) is 50.4 Å². The highest BCUT2D eigenvalue weighted by atomic mass is 15.3. The number of nitrogens with one attached hydrogen (secondary N) is 2. The molecule has 0 aliphatic carbocycles. The third-order valence-electron chi connectivity index (χ3n) is 6.65. The van der Waals surface area contributed by atoms with Crippen molar-refractivity contribution >= 4 is 22.7 Å². The smallest absolute Gasteiger partial charge is 0.108 e. The van der Waals surface area contributed by atoms with Gasteiger partial charge in [-0.25, -0.2) is 5.53 Å². The van der Waals surface area contributed by atoms with Crippen LogP contribution in [-0.4, -0.2) is 57.3 Å². The number of rotatable bonds is 5. The van der Waals surface area contributed by atoms with E-state index in [1.54, 1.807) is 5.56 Å². The van der Waals surface area contributed by atoms with E-state index in [-0.39, 0.29) is 0 Å². The maximum Gasteiger partial charge on any atom is 0.108 e. The van der Waals surface area contributed by atoms with E-state index in [4.69, 9.17) is 5.53 Å². The first kappa shape index (κ1) is 17.5. The van der Waals surface area contributed by atoms with E-state index in [0.717, 1.165) is 45.0 Å². The number of anilines is 3. The molecule has 2 N–H and O–H groups in total. The quantitative estimate of drug-likeness (QED) is 0.778. The normalized spacial score (nSPS) is 23.3. The second-order valence-corrected chi connectivity index (χ2v) is 8.15. The first-order chi connectivity index (χ1) is 13.8. The van der Waals surface area contributed by atoms with Crippen molar-refractivity contribution in [3.8, 4) is 0 Å². The summed E-state index contributed by atoms with van der Waals surface area (Å²) < 4.78 is 0. The lowest BCUT2D eigenvalue weighted by molar-refractivity contribution is 0.200. The van der Waals surface area contributed by atoms with Crippen molar-refractivity contribution < 1.29 is 0 Å². The molecule has 2 atom stereocenters. The topological polar surface area (TPSA) is 58.0 Å². The SMILES string of the molecule is CN1CCN2c3c(cccc31)[C@@H]1CN(CCNc3ccccc3N=N)CC[C@@H]12. The van der Waals surface area contributed by atoms with E-state index >= 15 is 0 Å². The standard InChI is InChI=1S/C22H28N6/c1-26-13-14-28-20-9-11-27(12-10-24-18-6-2-3-7-19(18)25-23)15-17(20)16-5-4-8-21(26)22(16)28/h2-8,17,20,23-24H,9-15H2,1H3/t17-,20-/m0/s1. The highest BCUT2D eigenvalue weighted by Gasteiger charge is 2.44. The number of fused-ring (bicyclic) bond motifs is 3.